The largest absolute Gasteiger partial charge is 0.357 e. The van der Waals surface area contributed by atoms with Gasteiger partial charge in [-0.05, 0) is 54.4 Å². The van der Waals surface area contributed by atoms with Crippen molar-refractivity contribution in [3.63, 3.8) is 0 Å². The molecule has 3 N–H and O–H groups in total. The molecule has 1 fully saturated rings. The number of guanidine groups is 1. The fourth-order valence-electron chi connectivity index (χ4n) is 2.82. The van der Waals surface area contributed by atoms with Crippen LogP contribution in [0.1, 0.15) is 54.4 Å². The Kier molecular flexibility index (Phi) is 8.53. The third kappa shape index (κ3) is 6.67. The van der Waals surface area contributed by atoms with E-state index in [9.17, 15) is 4.79 Å². The molecule has 0 aromatic carbocycles. The van der Waals surface area contributed by atoms with Crippen LogP contribution in [0.15, 0.2) is 4.99 Å². The molecule has 0 aromatic rings. The Morgan fingerprint density at radius 3 is 2.25 bits per heavy atom. The van der Waals surface area contributed by atoms with Gasteiger partial charge in [0.05, 0.1) is 12.0 Å². The van der Waals surface area contributed by atoms with E-state index in [2.05, 4.69) is 46.6 Å². The lowest BCUT2D eigenvalue weighted by atomic mass is 9.92. The van der Waals surface area contributed by atoms with Gasteiger partial charge in [-0.3, -0.25) is 9.79 Å². The molecule has 0 bridgehead atoms. The van der Waals surface area contributed by atoms with Gasteiger partial charge in [0.2, 0.25) is 5.91 Å². The molecule has 0 atom stereocenters. The average Bonchev–Trinajstić information content (AvgIpc) is 2.53. The van der Waals surface area contributed by atoms with Gasteiger partial charge >= 0.3 is 0 Å². The van der Waals surface area contributed by atoms with E-state index in [1.165, 1.54) is 0 Å². The number of likely N-dealkylation sites (tertiary alicyclic amines) is 1. The predicted molar refractivity (Wildman–Crippen MR) is 101 cm³/mol. The molecule has 1 heterocycles. The molecule has 1 rings (SSSR count). The summed E-state index contributed by atoms with van der Waals surface area (Å²) < 4.78 is 0. The summed E-state index contributed by atoms with van der Waals surface area (Å²) in [4.78, 5) is 19.3. The minimum Gasteiger partial charge on any atom is -0.357 e. The van der Waals surface area contributed by atoms with Crippen molar-refractivity contribution in [1.29, 1.82) is 0 Å². The van der Waals surface area contributed by atoms with Gasteiger partial charge in [0.1, 0.15) is 0 Å². The number of nitrogens with one attached hydrogen (secondary N) is 3. The highest BCUT2D eigenvalue weighted by Gasteiger charge is 2.27. The van der Waals surface area contributed by atoms with Gasteiger partial charge in [-0.15, -0.1) is 0 Å². The summed E-state index contributed by atoms with van der Waals surface area (Å²) in [7, 11) is 0. The summed E-state index contributed by atoms with van der Waals surface area (Å²) in [5.74, 6) is 0.868. The van der Waals surface area contributed by atoms with Crippen LogP contribution in [0.25, 0.3) is 0 Å². The third-order valence-electron chi connectivity index (χ3n) is 4.53. The predicted octanol–water partition coefficient (Wildman–Crippen LogP) is 1.58. The second-order valence-corrected chi connectivity index (χ2v) is 7.49. The van der Waals surface area contributed by atoms with E-state index in [4.69, 9.17) is 0 Å². The van der Waals surface area contributed by atoms with E-state index in [1.54, 1.807) is 0 Å². The number of amides is 1. The van der Waals surface area contributed by atoms with Gasteiger partial charge in [-0.2, -0.15) is 0 Å². The zero-order valence-corrected chi connectivity index (χ0v) is 16.4. The van der Waals surface area contributed by atoms with Gasteiger partial charge in [0.25, 0.3) is 0 Å². The first-order chi connectivity index (χ1) is 11.3. The van der Waals surface area contributed by atoms with Crippen molar-refractivity contribution in [2.75, 3.05) is 32.7 Å². The summed E-state index contributed by atoms with van der Waals surface area (Å²) in [5, 5.41) is 9.73. The SMILES string of the molecule is CCNC(=O)C(C)(C)CN=C(NCC)NC1CCN(C(C)C)CC1. The van der Waals surface area contributed by atoms with Crippen molar-refractivity contribution in [2.24, 2.45) is 10.4 Å². The minimum absolute atomic E-state index is 0.0508. The lowest BCUT2D eigenvalue weighted by molar-refractivity contribution is -0.128. The van der Waals surface area contributed by atoms with E-state index in [0.29, 0.717) is 25.2 Å². The Bertz CT molecular complexity index is 412. The normalized spacial score (nSPS) is 17.9. The molecule has 140 valence electrons. The Morgan fingerprint density at radius 2 is 1.75 bits per heavy atom. The van der Waals surface area contributed by atoms with Crippen LogP contribution in [0.4, 0.5) is 0 Å². The maximum absolute atomic E-state index is 12.1. The summed E-state index contributed by atoms with van der Waals surface area (Å²) in [6.07, 6.45) is 2.25. The van der Waals surface area contributed by atoms with Gasteiger partial charge in [0.15, 0.2) is 5.96 Å². The maximum Gasteiger partial charge on any atom is 0.227 e. The molecule has 0 radical (unpaired) electrons. The van der Waals surface area contributed by atoms with Gasteiger partial charge in [0, 0.05) is 38.3 Å². The summed E-state index contributed by atoms with van der Waals surface area (Å²) in [6, 6.07) is 1.07. The second-order valence-electron chi connectivity index (χ2n) is 7.49. The molecule has 1 amide bonds. The molecule has 6 heteroatoms. The molecule has 0 spiro atoms. The molecule has 6 nitrogen and oxygen atoms in total. The number of piperidine rings is 1. The van der Waals surface area contributed by atoms with Crippen LogP contribution in [-0.2, 0) is 4.79 Å². The van der Waals surface area contributed by atoms with Gasteiger partial charge < -0.3 is 20.9 Å². The Labute approximate surface area is 147 Å². The molecule has 1 aliphatic heterocycles. The van der Waals surface area contributed by atoms with Crippen molar-refractivity contribution in [2.45, 2.75) is 66.5 Å². The number of aliphatic imine (C=N–C) groups is 1. The van der Waals surface area contributed by atoms with E-state index in [0.717, 1.165) is 38.4 Å². The van der Waals surface area contributed by atoms with Crippen molar-refractivity contribution in [3.05, 3.63) is 0 Å². The standard InChI is InChI=1S/C18H37N5O/c1-7-19-16(24)18(5,6)13-21-17(20-8-2)22-15-9-11-23(12-10-15)14(3)4/h14-15H,7-13H2,1-6H3,(H,19,24)(H2,20,21,22). The number of rotatable bonds is 7. The van der Waals surface area contributed by atoms with Crippen LogP contribution in [0.3, 0.4) is 0 Å². The topological polar surface area (TPSA) is 68.8 Å². The number of hydrogen-bond donors (Lipinski definition) is 3. The first-order valence-corrected chi connectivity index (χ1v) is 9.37. The van der Waals surface area contributed by atoms with E-state index in [1.807, 2.05) is 20.8 Å². The number of carbonyl (C=O) groups is 1. The van der Waals surface area contributed by atoms with Crippen molar-refractivity contribution >= 4 is 11.9 Å². The van der Waals surface area contributed by atoms with Crippen LogP contribution in [0, 0.1) is 5.41 Å². The molecular formula is C18H37N5O. The fourth-order valence-corrected chi connectivity index (χ4v) is 2.82. The van der Waals surface area contributed by atoms with Crippen LogP contribution >= 0.6 is 0 Å². The van der Waals surface area contributed by atoms with Gasteiger partial charge in [-0.25, -0.2) is 0 Å². The lowest BCUT2D eigenvalue weighted by Crippen LogP contribution is -2.50. The van der Waals surface area contributed by atoms with Crippen LogP contribution in [0.2, 0.25) is 0 Å². The summed E-state index contributed by atoms with van der Waals surface area (Å²) in [5.41, 5.74) is -0.501. The molecule has 0 saturated carbocycles. The Morgan fingerprint density at radius 1 is 1.17 bits per heavy atom. The fraction of sp³-hybridized carbons (Fsp3) is 0.889. The quantitative estimate of drug-likeness (QED) is 0.486. The molecule has 1 saturated heterocycles. The van der Waals surface area contributed by atoms with Crippen molar-refractivity contribution < 1.29 is 4.79 Å². The van der Waals surface area contributed by atoms with Crippen LogP contribution < -0.4 is 16.0 Å². The minimum atomic E-state index is -0.501. The molecule has 0 aromatic heterocycles. The first kappa shape index (κ1) is 20.7. The zero-order chi connectivity index (χ0) is 18.2. The lowest BCUT2D eigenvalue weighted by Gasteiger charge is -2.35. The Hall–Kier alpha value is -1.30. The highest BCUT2D eigenvalue weighted by Crippen LogP contribution is 2.16. The van der Waals surface area contributed by atoms with E-state index in [-0.39, 0.29) is 5.91 Å². The van der Waals surface area contributed by atoms with E-state index >= 15 is 0 Å². The molecular weight excluding hydrogens is 302 g/mol. The Balaban J connectivity index is 2.59. The van der Waals surface area contributed by atoms with E-state index < -0.39 is 5.41 Å². The smallest absolute Gasteiger partial charge is 0.227 e. The summed E-state index contributed by atoms with van der Waals surface area (Å²) >= 11 is 0. The monoisotopic (exact) mass is 339 g/mol. The number of carbonyl (C=O) groups excluding carboxylic acids is 1. The first-order valence-electron chi connectivity index (χ1n) is 9.37. The number of nitrogens with zero attached hydrogens (tertiary/aromatic N) is 2. The third-order valence-corrected chi connectivity index (χ3v) is 4.53. The second kappa shape index (κ2) is 9.87. The van der Waals surface area contributed by atoms with Gasteiger partial charge in [-0.1, -0.05) is 0 Å². The van der Waals surface area contributed by atoms with Crippen LogP contribution in [-0.4, -0.2) is 61.6 Å². The highest BCUT2D eigenvalue weighted by atomic mass is 16.2. The van der Waals surface area contributed by atoms with Crippen molar-refractivity contribution in [3.8, 4) is 0 Å². The molecule has 1 aliphatic rings. The summed E-state index contributed by atoms with van der Waals surface area (Å²) in [6.45, 7) is 16.6. The zero-order valence-electron chi connectivity index (χ0n) is 16.4. The maximum atomic E-state index is 12.1. The molecule has 0 unspecified atom stereocenters. The molecule has 24 heavy (non-hydrogen) atoms. The van der Waals surface area contributed by atoms with Crippen molar-refractivity contribution in [1.82, 2.24) is 20.9 Å². The average molecular weight is 340 g/mol. The molecule has 0 aliphatic carbocycles. The number of hydrogen-bond acceptors (Lipinski definition) is 3. The van der Waals surface area contributed by atoms with Crippen LogP contribution in [0.5, 0.6) is 0 Å². The highest BCUT2D eigenvalue weighted by molar-refractivity contribution is 5.83.